The van der Waals surface area contributed by atoms with Gasteiger partial charge in [0.25, 0.3) is 0 Å². The van der Waals surface area contributed by atoms with Gasteiger partial charge in [0.05, 0.1) is 16.4 Å². The van der Waals surface area contributed by atoms with Crippen LogP contribution in [0.1, 0.15) is 29.5 Å². The van der Waals surface area contributed by atoms with Crippen molar-refractivity contribution < 1.29 is 4.74 Å². The van der Waals surface area contributed by atoms with E-state index >= 15 is 0 Å². The van der Waals surface area contributed by atoms with E-state index in [9.17, 15) is 0 Å². The lowest BCUT2D eigenvalue weighted by Gasteiger charge is -2.20. The SMILES string of the molecule is c1cc(-n2cnnn2)ccc1OCc1csc(C2CCNCC2)n1. The van der Waals surface area contributed by atoms with Gasteiger partial charge in [0, 0.05) is 11.3 Å². The topological polar surface area (TPSA) is 77.8 Å². The van der Waals surface area contributed by atoms with Crippen molar-refractivity contribution in [2.24, 2.45) is 0 Å². The fraction of sp³-hybridized carbons (Fsp3) is 0.375. The summed E-state index contributed by atoms with van der Waals surface area (Å²) in [5.41, 5.74) is 1.90. The average Bonchev–Trinajstić information content (AvgIpc) is 3.33. The predicted octanol–water partition coefficient (Wildman–Crippen LogP) is 2.16. The third kappa shape index (κ3) is 3.44. The highest BCUT2D eigenvalue weighted by molar-refractivity contribution is 7.09. The molecule has 0 unspecified atom stereocenters. The maximum Gasteiger partial charge on any atom is 0.143 e. The molecule has 0 atom stereocenters. The Morgan fingerprint density at radius 2 is 2.04 bits per heavy atom. The first-order valence-electron chi connectivity index (χ1n) is 8.00. The van der Waals surface area contributed by atoms with Crippen LogP contribution in [0.3, 0.4) is 0 Å². The van der Waals surface area contributed by atoms with Crippen LogP contribution in [-0.2, 0) is 6.61 Å². The fourth-order valence-corrected chi connectivity index (χ4v) is 3.75. The van der Waals surface area contributed by atoms with E-state index in [0.29, 0.717) is 12.5 Å². The molecule has 4 rings (SSSR count). The summed E-state index contributed by atoms with van der Waals surface area (Å²) in [4.78, 5) is 4.74. The lowest BCUT2D eigenvalue weighted by atomic mass is 9.99. The zero-order valence-corrected chi connectivity index (χ0v) is 13.9. The van der Waals surface area contributed by atoms with Crippen LogP contribution in [-0.4, -0.2) is 38.3 Å². The van der Waals surface area contributed by atoms with Crippen LogP contribution in [0.5, 0.6) is 5.75 Å². The minimum atomic E-state index is 0.492. The Morgan fingerprint density at radius 3 is 2.79 bits per heavy atom. The molecule has 0 amide bonds. The molecule has 1 aliphatic heterocycles. The Kier molecular flexibility index (Phi) is 4.48. The summed E-state index contributed by atoms with van der Waals surface area (Å²) in [5, 5.41) is 17.8. The molecule has 8 heteroatoms. The van der Waals surface area contributed by atoms with Crippen LogP contribution in [0.15, 0.2) is 36.0 Å². The van der Waals surface area contributed by atoms with Crippen LogP contribution in [0.25, 0.3) is 5.69 Å². The number of rotatable bonds is 5. The van der Waals surface area contributed by atoms with Crippen molar-refractivity contribution in [3.05, 3.63) is 46.7 Å². The Balaban J connectivity index is 1.36. The smallest absolute Gasteiger partial charge is 0.143 e. The van der Waals surface area contributed by atoms with E-state index in [2.05, 4.69) is 26.2 Å². The van der Waals surface area contributed by atoms with Crippen molar-refractivity contribution in [1.82, 2.24) is 30.5 Å². The molecule has 0 saturated carbocycles. The minimum Gasteiger partial charge on any atom is -0.487 e. The maximum absolute atomic E-state index is 5.84. The van der Waals surface area contributed by atoms with Crippen molar-refractivity contribution >= 4 is 11.3 Å². The van der Waals surface area contributed by atoms with Gasteiger partial charge < -0.3 is 10.1 Å². The standard InChI is InChI=1S/C16H18N6OS/c1-3-15(4-2-14(1)22-11-18-20-21-22)23-9-13-10-24-16(19-13)12-5-7-17-8-6-12/h1-4,10-12,17H,5-9H2. The first-order valence-corrected chi connectivity index (χ1v) is 8.88. The molecule has 2 aromatic heterocycles. The monoisotopic (exact) mass is 342 g/mol. The second-order valence-corrected chi connectivity index (χ2v) is 6.63. The molecule has 0 bridgehead atoms. The zero-order chi connectivity index (χ0) is 16.2. The van der Waals surface area contributed by atoms with E-state index in [0.717, 1.165) is 30.2 Å². The summed E-state index contributed by atoms with van der Waals surface area (Å²) in [6.07, 6.45) is 3.91. The average molecular weight is 342 g/mol. The normalized spacial score (nSPS) is 15.5. The molecule has 1 saturated heterocycles. The number of hydrogen-bond acceptors (Lipinski definition) is 7. The number of nitrogens with one attached hydrogen (secondary N) is 1. The molecule has 3 aromatic rings. The van der Waals surface area contributed by atoms with Crippen molar-refractivity contribution in [1.29, 1.82) is 0 Å². The number of piperidine rings is 1. The van der Waals surface area contributed by atoms with Crippen molar-refractivity contribution in [2.75, 3.05) is 13.1 Å². The third-order valence-corrected chi connectivity index (χ3v) is 5.15. The van der Waals surface area contributed by atoms with E-state index in [-0.39, 0.29) is 0 Å². The molecule has 0 aliphatic carbocycles. The maximum atomic E-state index is 5.84. The summed E-state index contributed by atoms with van der Waals surface area (Å²) in [6, 6.07) is 7.68. The van der Waals surface area contributed by atoms with Crippen LogP contribution in [0.2, 0.25) is 0 Å². The van der Waals surface area contributed by atoms with E-state index < -0.39 is 0 Å². The number of benzene rings is 1. The molecule has 1 N–H and O–H groups in total. The molecule has 1 fully saturated rings. The quantitative estimate of drug-likeness (QED) is 0.766. The van der Waals surface area contributed by atoms with E-state index in [1.165, 1.54) is 17.8 Å². The van der Waals surface area contributed by atoms with Crippen LogP contribution in [0, 0.1) is 0 Å². The summed E-state index contributed by atoms with van der Waals surface area (Å²) < 4.78 is 7.44. The van der Waals surface area contributed by atoms with E-state index in [1.54, 1.807) is 22.3 Å². The molecule has 0 radical (unpaired) electrons. The van der Waals surface area contributed by atoms with Crippen LogP contribution >= 0.6 is 11.3 Å². The van der Waals surface area contributed by atoms with Crippen molar-refractivity contribution in [3.63, 3.8) is 0 Å². The van der Waals surface area contributed by atoms with Gasteiger partial charge in [-0.3, -0.25) is 0 Å². The van der Waals surface area contributed by atoms with Crippen molar-refractivity contribution in [2.45, 2.75) is 25.4 Å². The van der Waals surface area contributed by atoms with Crippen LogP contribution in [0.4, 0.5) is 0 Å². The Hall–Kier alpha value is -2.32. The number of aromatic nitrogens is 5. The molecule has 7 nitrogen and oxygen atoms in total. The highest BCUT2D eigenvalue weighted by Crippen LogP contribution is 2.28. The second kappa shape index (κ2) is 7.06. The van der Waals surface area contributed by atoms with Gasteiger partial charge >= 0.3 is 0 Å². The summed E-state index contributed by atoms with van der Waals surface area (Å²) in [7, 11) is 0. The van der Waals surface area contributed by atoms with Crippen LogP contribution < -0.4 is 10.1 Å². The first kappa shape index (κ1) is 15.2. The number of tetrazole rings is 1. The molecular weight excluding hydrogens is 324 g/mol. The highest BCUT2D eigenvalue weighted by atomic mass is 32.1. The lowest BCUT2D eigenvalue weighted by Crippen LogP contribution is -2.26. The second-order valence-electron chi connectivity index (χ2n) is 5.74. The predicted molar refractivity (Wildman–Crippen MR) is 90.4 cm³/mol. The molecule has 24 heavy (non-hydrogen) atoms. The molecule has 1 aromatic carbocycles. The Labute approximate surface area is 143 Å². The third-order valence-electron chi connectivity index (χ3n) is 4.09. The van der Waals surface area contributed by atoms with Gasteiger partial charge in [0.2, 0.25) is 0 Å². The molecular formula is C16H18N6OS. The molecule has 1 aliphatic rings. The Morgan fingerprint density at radius 1 is 1.21 bits per heavy atom. The molecule has 0 spiro atoms. The van der Waals surface area contributed by atoms with Gasteiger partial charge in [-0.2, -0.15) is 0 Å². The van der Waals surface area contributed by atoms with Gasteiger partial charge in [-0.25, -0.2) is 9.67 Å². The first-order chi connectivity index (χ1) is 11.9. The summed E-state index contributed by atoms with van der Waals surface area (Å²) in [6.45, 7) is 2.67. The van der Waals surface area contributed by atoms with Gasteiger partial charge in [-0.1, -0.05) is 0 Å². The number of hydrogen-bond donors (Lipinski definition) is 1. The van der Waals surface area contributed by atoms with E-state index in [1.807, 2.05) is 24.3 Å². The minimum absolute atomic E-state index is 0.492. The highest BCUT2D eigenvalue weighted by Gasteiger charge is 2.18. The number of nitrogens with zero attached hydrogens (tertiary/aromatic N) is 5. The summed E-state index contributed by atoms with van der Waals surface area (Å²) >= 11 is 1.75. The molecule has 3 heterocycles. The summed E-state index contributed by atoms with van der Waals surface area (Å²) in [5.74, 6) is 1.41. The largest absolute Gasteiger partial charge is 0.487 e. The van der Waals surface area contributed by atoms with Gasteiger partial charge in [-0.05, 0) is 60.6 Å². The van der Waals surface area contributed by atoms with E-state index in [4.69, 9.17) is 9.72 Å². The van der Waals surface area contributed by atoms with Gasteiger partial charge in [0.15, 0.2) is 0 Å². The Bertz CT molecular complexity index is 764. The zero-order valence-electron chi connectivity index (χ0n) is 13.1. The number of thiazole rings is 1. The fourth-order valence-electron chi connectivity index (χ4n) is 2.78. The van der Waals surface area contributed by atoms with Crippen molar-refractivity contribution in [3.8, 4) is 11.4 Å². The number of ether oxygens (including phenoxy) is 1. The lowest BCUT2D eigenvalue weighted by molar-refractivity contribution is 0.301. The molecule has 124 valence electrons. The van der Waals surface area contributed by atoms with Gasteiger partial charge in [-0.15, -0.1) is 16.4 Å². The van der Waals surface area contributed by atoms with Gasteiger partial charge in [0.1, 0.15) is 18.7 Å².